The average molecular weight is 250 g/mol. The zero-order valence-corrected chi connectivity index (χ0v) is 10.3. The monoisotopic (exact) mass is 250 g/mol. The number of aromatic nitrogens is 2. The number of halogens is 1. The Morgan fingerprint density at radius 1 is 1.39 bits per heavy atom. The Bertz CT molecular complexity index is 526. The first kappa shape index (κ1) is 12.5. The summed E-state index contributed by atoms with van der Waals surface area (Å²) in [6.07, 6.45) is 0. The molecule has 0 fully saturated rings. The molecule has 0 aliphatic rings. The van der Waals surface area contributed by atoms with Crippen molar-refractivity contribution in [3.05, 3.63) is 36.0 Å². The van der Waals surface area contributed by atoms with Crippen molar-refractivity contribution in [3.63, 3.8) is 0 Å². The van der Waals surface area contributed by atoms with Crippen molar-refractivity contribution in [3.8, 4) is 0 Å². The van der Waals surface area contributed by atoms with Gasteiger partial charge < -0.3 is 10.2 Å². The molecule has 2 aromatic rings. The first-order valence-corrected chi connectivity index (χ1v) is 5.74. The predicted octanol–water partition coefficient (Wildman–Crippen LogP) is 2.39. The third kappa shape index (κ3) is 2.33. The van der Waals surface area contributed by atoms with Crippen LogP contribution in [0.2, 0.25) is 0 Å². The smallest absolute Gasteiger partial charge is 0.322 e. The highest BCUT2D eigenvalue weighted by Gasteiger charge is 2.18. The van der Waals surface area contributed by atoms with Gasteiger partial charge in [-0.1, -0.05) is 17.2 Å². The van der Waals surface area contributed by atoms with E-state index in [9.17, 15) is 4.39 Å². The van der Waals surface area contributed by atoms with Crippen LogP contribution in [-0.4, -0.2) is 16.7 Å². The molecule has 0 saturated heterocycles. The molecule has 96 valence electrons. The van der Waals surface area contributed by atoms with E-state index in [0.29, 0.717) is 18.1 Å². The van der Waals surface area contributed by atoms with Crippen LogP contribution in [0.25, 0.3) is 0 Å². The lowest BCUT2D eigenvalue weighted by Gasteiger charge is -2.18. The van der Waals surface area contributed by atoms with Crippen molar-refractivity contribution in [2.45, 2.75) is 19.9 Å². The van der Waals surface area contributed by atoms with E-state index in [1.54, 1.807) is 30.0 Å². The lowest BCUT2D eigenvalue weighted by Crippen LogP contribution is -2.17. The van der Waals surface area contributed by atoms with Gasteiger partial charge in [-0.2, -0.15) is 0 Å². The number of nitrogens with zero attached hydrogens (tertiary/aromatic N) is 3. The van der Waals surface area contributed by atoms with Gasteiger partial charge in [-0.25, -0.2) is 4.39 Å². The molecular formula is C12H15FN4O. The summed E-state index contributed by atoms with van der Waals surface area (Å²) >= 11 is 0. The van der Waals surface area contributed by atoms with Gasteiger partial charge >= 0.3 is 6.01 Å². The van der Waals surface area contributed by atoms with Crippen LogP contribution in [0.3, 0.4) is 0 Å². The van der Waals surface area contributed by atoms with E-state index in [1.165, 1.54) is 6.07 Å². The highest BCUT2D eigenvalue weighted by molar-refractivity contribution is 5.56. The largest absolute Gasteiger partial charge is 0.406 e. The van der Waals surface area contributed by atoms with E-state index < -0.39 is 0 Å². The van der Waals surface area contributed by atoms with Gasteiger partial charge in [0.15, 0.2) is 0 Å². The maximum absolute atomic E-state index is 13.7. The van der Waals surface area contributed by atoms with Gasteiger partial charge in [0, 0.05) is 6.54 Å². The number of para-hydroxylation sites is 1. The zero-order valence-electron chi connectivity index (χ0n) is 10.3. The minimum atomic E-state index is -0.342. The third-order valence-corrected chi connectivity index (χ3v) is 2.51. The Hall–Kier alpha value is -1.95. The summed E-state index contributed by atoms with van der Waals surface area (Å²) in [6.45, 7) is 4.14. The SMILES string of the molecule is CCN(c1nnc(C(C)N)o1)c1ccccc1F. The molecule has 1 aromatic heterocycles. The maximum Gasteiger partial charge on any atom is 0.322 e. The molecule has 2 N–H and O–H groups in total. The molecule has 6 heteroatoms. The second-order valence-corrected chi connectivity index (χ2v) is 3.91. The van der Waals surface area contributed by atoms with Crippen molar-refractivity contribution in [1.29, 1.82) is 0 Å². The normalized spacial score (nSPS) is 12.4. The van der Waals surface area contributed by atoms with Crippen molar-refractivity contribution in [1.82, 2.24) is 10.2 Å². The van der Waals surface area contributed by atoms with Crippen LogP contribution in [0.1, 0.15) is 25.8 Å². The van der Waals surface area contributed by atoms with Crippen molar-refractivity contribution in [2.75, 3.05) is 11.4 Å². The molecule has 5 nitrogen and oxygen atoms in total. The van der Waals surface area contributed by atoms with Crippen LogP contribution >= 0.6 is 0 Å². The standard InChI is InChI=1S/C12H15FN4O/c1-3-17(10-7-5-4-6-9(10)13)12-16-15-11(18-12)8(2)14/h4-8H,3,14H2,1-2H3. The van der Waals surface area contributed by atoms with E-state index in [-0.39, 0.29) is 17.9 Å². The molecule has 1 atom stereocenters. The van der Waals surface area contributed by atoms with Crippen LogP contribution in [0.4, 0.5) is 16.1 Å². The Morgan fingerprint density at radius 2 is 2.11 bits per heavy atom. The van der Waals surface area contributed by atoms with E-state index in [4.69, 9.17) is 10.2 Å². The van der Waals surface area contributed by atoms with Crippen molar-refractivity contribution >= 4 is 11.7 Å². The molecule has 0 spiro atoms. The van der Waals surface area contributed by atoms with Crippen LogP contribution in [0.15, 0.2) is 28.7 Å². The molecule has 0 aliphatic carbocycles. The highest BCUT2D eigenvalue weighted by atomic mass is 19.1. The van der Waals surface area contributed by atoms with Gasteiger partial charge in [-0.15, -0.1) is 5.10 Å². The van der Waals surface area contributed by atoms with E-state index in [0.717, 1.165) is 0 Å². The van der Waals surface area contributed by atoms with Crippen LogP contribution in [0, 0.1) is 5.82 Å². The lowest BCUT2D eigenvalue weighted by molar-refractivity contribution is 0.464. The predicted molar refractivity (Wildman–Crippen MR) is 66.0 cm³/mol. The summed E-state index contributed by atoms with van der Waals surface area (Å²) in [5.74, 6) is -0.000291. The molecule has 0 aliphatic heterocycles. The number of rotatable bonds is 4. The number of hydrogen-bond acceptors (Lipinski definition) is 5. The summed E-state index contributed by atoms with van der Waals surface area (Å²) in [5, 5.41) is 7.72. The van der Waals surface area contributed by atoms with Crippen molar-refractivity contribution < 1.29 is 8.81 Å². The molecule has 1 heterocycles. The van der Waals surface area contributed by atoms with Gasteiger partial charge in [-0.05, 0) is 26.0 Å². The third-order valence-electron chi connectivity index (χ3n) is 2.51. The fourth-order valence-electron chi connectivity index (χ4n) is 1.60. The molecule has 1 unspecified atom stereocenters. The Kier molecular flexibility index (Phi) is 3.57. The summed E-state index contributed by atoms with van der Waals surface area (Å²) in [5.41, 5.74) is 6.05. The number of hydrogen-bond donors (Lipinski definition) is 1. The summed E-state index contributed by atoms with van der Waals surface area (Å²) in [7, 11) is 0. The fraction of sp³-hybridized carbons (Fsp3) is 0.333. The molecule has 0 saturated carbocycles. The van der Waals surface area contributed by atoms with Gasteiger partial charge in [0.1, 0.15) is 5.82 Å². The summed E-state index contributed by atoms with van der Waals surface area (Å²) in [6, 6.07) is 6.34. The highest BCUT2D eigenvalue weighted by Crippen LogP contribution is 2.27. The van der Waals surface area contributed by atoms with E-state index in [2.05, 4.69) is 10.2 Å². The number of anilines is 2. The van der Waals surface area contributed by atoms with E-state index in [1.807, 2.05) is 6.92 Å². The fourth-order valence-corrected chi connectivity index (χ4v) is 1.60. The lowest BCUT2D eigenvalue weighted by atomic mass is 10.3. The molecule has 0 radical (unpaired) electrons. The van der Waals surface area contributed by atoms with Gasteiger partial charge in [0.05, 0.1) is 11.7 Å². The van der Waals surface area contributed by atoms with Gasteiger partial charge in [-0.3, -0.25) is 4.90 Å². The average Bonchev–Trinajstić information content (AvgIpc) is 2.82. The van der Waals surface area contributed by atoms with Crippen molar-refractivity contribution in [2.24, 2.45) is 5.73 Å². The van der Waals surface area contributed by atoms with Crippen LogP contribution in [-0.2, 0) is 0 Å². The minimum Gasteiger partial charge on any atom is -0.406 e. The van der Waals surface area contributed by atoms with Gasteiger partial charge in [0.2, 0.25) is 5.89 Å². The Balaban J connectivity index is 2.36. The van der Waals surface area contributed by atoms with Gasteiger partial charge in [0.25, 0.3) is 0 Å². The second kappa shape index (κ2) is 5.14. The summed E-state index contributed by atoms with van der Waals surface area (Å²) in [4.78, 5) is 1.61. The number of benzene rings is 1. The number of nitrogens with two attached hydrogens (primary N) is 1. The second-order valence-electron chi connectivity index (χ2n) is 3.91. The molecule has 2 rings (SSSR count). The molecule has 0 bridgehead atoms. The molecule has 1 aromatic carbocycles. The Morgan fingerprint density at radius 3 is 2.67 bits per heavy atom. The molecule has 18 heavy (non-hydrogen) atoms. The topological polar surface area (TPSA) is 68.2 Å². The van der Waals surface area contributed by atoms with E-state index >= 15 is 0 Å². The molecule has 0 amide bonds. The maximum atomic E-state index is 13.7. The molecular weight excluding hydrogens is 235 g/mol. The zero-order chi connectivity index (χ0) is 13.1. The summed E-state index contributed by atoms with van der Waals surface area (Å²) < 4.78 is 19.1. The van der Waals surface area contributed by atoms with Crippen LogP contribution in [0.5, 0.6) is 0 Å². The minimum absolute atomic E-state index is 0.245. The first-order valence-electron chi connectivity index (χ1n) is 5.74. The first-order chi connectivity index (χ1) is 8.63. The van der Waals surface area contributed by atoms with Crippen LogP contribution < -0.4 is 10.6 Å². The quantitative estimate of drug-likeness (QED) is 0.902. The Labute approximate surface area is 104 Å².